The van der Waals surface area contributed by atoms with E-state index in [-0.39, 0.29) is 21.9 Å². The van der Waals surface area contributed by atoms with Crippen molar-refractivity contribution in [3.8, 4) is 0 Å². The highest BCUT2D eigenvalue weighted by atomic mass is 32.2. The van der Waals surface area contributed by atoms with Gasteiger partial charge in [-0.1, -0.05) is 13.3 Å². The van der Waals surface area contributed by atoms with E-state index in [4.69, 9.17) is 0 Å². The largest absolute Gasteiger partial charge is 0.480 e. The summed E-state index contributed by atoms with van der Waals surface area (Å²) in [6, 6.07) is -0.664. The molecule has 2 aliphatic rings. The quantitative estimate of drug-likeness (QED) is 0.764. The zero-order valence-corrected chi connectivity index (χ0v) is 10.6. The van der Waals surface area contributed by atoms with E-state index in [2.05, 4.69) is 6.92 Å². The van der Waals surface area contributed by atoms with Crippen molar-refractivity contribution in [2.75, 3.05) is 0 Å². The molecular formula is C11H17NO3S. The number of amides is 1. The van der Waals surface area contributed by atoms with Gasteiger partial charge in [0.05, 0.1) is 11.3 Å². The molecule has 2 saturated heterocycles. The molecule has 90 valence electrons. The molecule has 0 bridgehead atoms. The van der Waals surface area contributed by atoms with Crippen LogP contribution in [-0.2, 0) is 9.59 Å². The van der Waals surface area contributed by atoms with Crippen LogP contribution in [0.25, 0.3) is 0 Å². The van der Waals surface area contributed by atoms with E-state index >= 15 is 0 Å². The van der Waals surface area contributed by atoms with Crippen LogP contribution in [0.3, 0.4) is 0 Å². The maximum atomic E-state index is 11.9. The van der Waals surface area contributed by atoms with Gasteiger partial charge in [0.15, 0.2) is 0 Å². The third-order valence-corrected chi connectivity index (χ3v) is 5.01. The molecule has 5 heteroatoms. The molecule has 2 aliphatic heterocycles. The molecule has 0 saturated carbocycles. The fourth-order valence-electron chi connectivity index (χ4n) is 2.67. The number of carboxylic acid groups (broad SMARTS) is 1. The average molecular weight is 243 g/mol. The summed E-state index contributed by atoms with van der Waals surface area (Å²) in [4.78, 5) is 24.7. The van der Waals surface area contributed by atoms with E-state index in [0.717, 1.165) is 12.8 Å². The lowest BCUT2D eigenvalue weighted by Crippen LogP contribution is -2.62. The summed E-state index contributed by atoms with van der Waals surface area (Å²) in [5, 5.41) is 9.28. The molecule has 16 heavy (non-hydrogen) atoms. The molecule has 0 radical (unpaired) electrons. The molecule has 0 spiro atoms. The highest BCUT2D eigenvalue weighted by Gasteiger charge is 2.63. The van der Waals surface area contributed by atoms with Crippen LogP contribution >= 0.6 is 11.8 Å². The molecular weight excluding hydrogens is 226 g/mol. The number of fused-ring (bicyclic) bond motifs is 1. The number of hydrogen-bond acceptors (Lipinski definition) is 3. The summed E-state index contributed by atoms with van der Waals surface area (Å²) in [5.74, 6) is -0.820. The molecule has 1 amide bonds. The fourth-order valence-corrected chi connectivity index (χ4v) is 4.39. The standard InChI is InChI=1S/C11H17NO3S/c1-4-5-6-8(13)12-7(10(14)15)11(2,3)16-9(6)12/h6-7,9H,4-5H2,1-3H3,(H,14,15)/t6-,7+,9-/m1/s1. The smallest absolute Gasteiger partial charge is 0.327 e. The van der Waals surface area contributed by atoms with Crippen molar-refractivity contribution in [2.45, 2.75) is 49.8 Å². The second-order valence-electron chi connectivity index (χ2n) is 4.99. The first kappa shape index (κ1) is 11.8. The molecule has 2 fully saturated rings. The van der Waals surface area contributed by atoms with Gasteiger partial charge in [-0.2, -0.15) is 0 Å². The second kappa shape index (κ2) is 3.65. The molecule has 0 aromatic carbocycles. The minimum absolute atomic E-state index is 0.0253. The van der Waals surface area contributed by atoms with Crippen molar-refractivity contribution >= 4 is 23.6 Å². The normalized spacial score (nSPS) is 35.8. The lowest BCUT2D eigenvalue weighted by atomic mass is 9.89. The van der Waals surface area contributed by atoms with Crippen molar-refractivity contribution in [1.82, 2.24) is 4.90 Å². The highest BCUT2D eigenvalue weighted by Crippen LogP contribution is 2.54. The van der Waals surface area contributed by atoms with Crippen molar-refractivity contribution in [3.05, 3.63) is 0 Å². The summed E-state index contributed by atoms with van der Waals surface area (Å²) in [7, 11) is 0. The van der Waals surface area contributed by atoms with Crippen LogP contribution in [0.1, 0.15) is 33.6 Å². The van der Waals surface area contributed by atoms with Crippen molar-refractivity contribution in [1.29, 1.82) is 0 Å². The monoisotopic (exact) mass is 243 g/mol. The Labute approximate surface area is 99.4 Å². The third-order valence-electron chi connectivity index (χ3n) is 3.38. The first-order valence-electron chi connectivity index (χ1n) is 5.63. The number of rotatable bonds is 3. The van der Waals surface area contributed by atoms with Crippen molar-refractivity contribution in [3.63, 3.8) is 0 Å². The summed E-state index contributed by atoms with van der Waals surface area (Å²) < 4.78 is -0.380. The Hall–Kier alpha value is -0.710. The lowest BCUT2D eigenvalue weighted by Gasteiger charge is -2.43. The molecule has 1 N–H and O–H groups in total. The zero-order valence-electron chi connectivity index (χ0n) is 9.77. The SMILES string of the molecule is CCC[C@@H]1C(=O)N2[C@@H]1SC(C)(C)[C@@H]2C(=O)O. The topological polar surface area (TPSA) is 57.6 Å². The van der Waals surface area contributed by atoms with Gasteiger partial charge in [0, 0.05) is 4.75 Å². The zero-order chi connectivity index (χ0) is 12.1. The number of carbonyl (C=O) groups excluding carboxylic acids is 1. The molecule has 2 rings (SSSR count). The van der Waals surface area contributed by atoms with Crippen LogP contribution in [0.4, 0.5) is 0 Å². The van der Waals surface area contributed by atoms with Crippen molar-refractivity contribution < 1.29 is 14.7 Å². The minimum atomic E-state index is -0.886. The Balaban J connectivity index is 2.21. The molecule has 3 atom stereocenters. The Morgan fingerprint density at radius 2 is 2.19 bits per heavy atom. The number of hydrogen-bond donors (Lipinski definition) is 1. The van der Waals surface area contributed by atoms with E-state index in [9.17, 15) is 14.7 Å². The van der Waals surface area contributed by atoms with Crippen LogP contribution in [0.15, 0.2) is 0 Å². The minimum Gasteiger partial charge on any atom is -0.480 e. The number of thioether (sulfide) groups is 1. The van der Waals surface area contributed by atoms with Gasteiger partial charge in [-0.3, -0.25) is 4.79 Å². The maximum Gasteiger partial charge on any atom is 0.327 e. The summed E-state index contributed by atoms with van der Waals surface area (Å²) in [6.07, 6.45) is 1.84. The summed E-state index contributed by atoms with van der Waals surface area (Å²) in [5.41, 5.74) is 0. The molecule has 0 aliphatic carbocycles. The van der Waals surface area contributed by atoms with Crippen LogP contribution < -0.4 is 0 Å². The predicted octanol–water partition coefficient (Wildman–Crippen LogP) is 1.55. The Kier molecular flexibility index (Phi) is 2.69. The van der Waals surface area contributed by atoms with Crippen molar-refractivity contribution in [2.24, 2.45) is 5.92 Å². The maximum absolute atomic E-state index is 11.9. The number of carboxylic acids is 1. The van der Waals surface area contributed by atoms with Gasteiger partial charge >= 0.3 is 5.97 Å². The van der Waals surface area contributed by atoms with Crippen LogP contribution in [0.5, 0.6) is 0 Å². The van der Waals surface area contributed by atoms with Gasteiger partial charge in [0.1, 0.15) is 6.04 Å². The molecule has 0 unspecified atom stereocenters. The summed E-state index contributed by atoms with van der Waals surface area (Å²) >= 11 is 1.63. The average Bonchev–Trinajstić information content (AvgIpc) is 2.43. The number of nitrogens with zero attached hydrogens (tertiary/aromatic N) is 1. The first-order valence-corrected chi connectivity index (χ1v) is 6.51. The lowest BCUT2D eigenvalue weighted by molar-refractivity contribution is -0.163. The molecule has 2 heterocycles. The van der Waals surface area contributed by atoms with Gasteiger partial charge in [-0.25, -0.2) is 4.79 Å². The number of aliphatic carboxylic acids is 1. The Bertz CT molecular complexity index is 342. The van der Waals surface area contributed by atoms with Crippen LogP contribution in [0, 0.1) is 5.92 Å². The van der Waals surface area contributed by atoms with Gasteiger partial charge in [0.2, 0.25) is 5.91 Å². The first-order chi connectivity index (χ1) is 7.40. The molecule has 0 aromatic rings. The van der Waals surface area contributed by atoms with Crippen LogP contribution in [0.2, 0.25) is 0 Å². The third kappa shape index (κ3) is 1.44. The second-order valence-corrected chi connectivity index (χ2v) is 6.76. The van der Waals surface area contributed by atoms with E-state index in [1.807, 2.05) is 13.8 Å². The highest BCUT2D eigenvalue weighted by molar-refractivity contribution is 8.01. The van der Waals surface area contributed by atoms with E-state index in [0.29, 0.717) is 0 Å². The predicted molar refractivity (Wildman–Crippen MR) is 62.1 cm³/mol. The molecule has 4 nitrogen and oxygen atoms in total. The van der Waals surface area contributed by atoms with Gasteiger partial charge in [-0.15, -0.1) is 11.8 Å². The number of β-lactam (4-membered cyclic amide) rings is 1. The Morgan fingerprint density at radius 1 is 1.56 bits per heavy atom. The van der Waals surface area contributed by atoms with E-state index < -0.39 is 12.0 Å². The van der Waals surface area contributed by atoms with Gasteiger partial charge < -0.3 is 10.0 Å². The van der Waals surface area contributed by atoms with Gasteiger partial charge in [0.25, 0.3) is 0 Å². The van der Waals surface area contributed by atoms with E-state index in [1.54, 1.807) is 16.7 Å². The van der Waals surface area contributed by atoms with Gasteiger partial charge in [-0.05, 0) is 20.3 Å². The van der Waals surface area contributed by atoms with E-state index in [1.165, 1.54) is 0 Å². The fraction of sp³-hybridized carbons (Fsp3) is 0.818. The molecule has 0 aromatic heterocycles. The number of carbonyl (C=O) groups is 2. The Morgan fingerprint density at radius 3 is 2.69 bits per heavy atom. The van der Waals surface area contributed by atoms with Crippen LogP contribution in [-0.4, -0.2) is 38.0 Å². The summed E-state index contributed by atoms with van der Waals surface area (Å²) in [6.45, 7) is 5.87.